The van der Waals surface area contributed by atoms with Gasteiger partial charge in [0.2, 0.25) is 5.91 Å². The van der Waals surface area contributed by atoms with Gasteiger partial charge in [-0.25, -0.2) is 9.50 Å². The maximum Gasteiger partial charge on any atom is 0.222 e. The molecule has 0 saturated heterocycles. The SMILES string of the molecule is CSc1cncc(-c2ccc3nc(NC(C)=O)cn3n2)c1. The van der Waals surface area contributed by atoms with Crippen molar-refractivity contribution in [2.45, 2.75) is 11.8 Å². The zero-order valence-corrected chi connectivity index (χ0v) is 12.4. The number of aromatic nitrogens is 4. The minimum atomic E-state index is -0.157. The van der Waals surface area contributed by atoms with E-state index < -0.39 is 0 Å². The Morgan fingerprint density at radius 2 is 2.19 bits per heavy atom. The van der Waals surface area contributed by atoms with Gasteiger partial charge in [-0.2, -0.15) is 5.10 Å². The number of carbonyl (C=O) groups is 1. The van der Waals surface area contributed by atoms with Crippen LogP contribution in [-0.2, 0) is 4.79 Å². The average molecular weight is 299 g/mol. The summed E-state index contributed by atoms with van der Waals surface area (Å²) in [7, 11) is 0. The highest BCUT2D eigenvalue weighted by atomic mass is 32.2. The highest BCUT2D eigenvalue weighted by Gasteiger charge is 2.07. The van der Waals surface area contributed by atoms with Gasteiger partial charge in [0, 0.05) is 29.8 Å². The van der Waals surface area contributed by atoms with Gasteiger partial charge in [-0.05, 0) is 24.5 Å². The lowest BCUT2D eigenvalue weighted by molar-refractivity contribution is -0.114. The number of thioether (sulfide) groups is 1. The van der Waals surface area contributed by atoms with Crippen LogP contribution in [0.25, 0.3) is 16.9 Å². The molecule has 3 aromatic rings. The number of carbonyl (C=O) groups excluding carboxylic acids is 1. The molecule has 0 aromatic carbocycles. The Morgan fingerprint density at radius 3 is 2.95 bits per heavy atom. The van der Waals surface area contributed by atoms with Crippen LogP contribution in [0, 0.1) is 0 Å². The molecule has 0 bridgehead atoms. The lowest BCUT2D eigenvalue weighted by Gasteiger charge is -2.02. The first-order valence-corrected chi connectivity index (χ1v) is 7.51. The topological polar surface area (TPSA) is 72.2 Å². The average Bonchev–Trinajstić information content (AvgIpc) is 2.87. The van der Waals surface area contributed by atoms with Crippen molar-refractivity contribution >= 4 is 29.1 Å². The van der Waals surface area contributed by atoms with Crippen molar-refractivity contribution in [3.05, 3.63) is 36.8 Å². The van der Waals surface area contributed by atoms with Crippen LogP contribution in [0.15, 0.2) is 41.7 Å². The van der Waals surface area contributed by atoms with Crippen LogP contribution in [0.3, 0.4) is 0 Å². The molecule has 21 heavy (non-hydrogen) atoms. The molecule has 1 amide bonds. The van der Waals surface area contributed by atoms with Gasteiger partial charge >= 0.3 is 0 Å². The van der Waals surface area contributed by atoms with E-state index in [9.17, 15) is 4.79 Å². The van der Waals surface area contributed by atoms with Crippen LogP contribution in [0.5, 0.6) is 0 Å². The normalized spacial score (nSPS) is 10.8. The van der Waals surface area contributed by atoms with Crippen LogP contribution in [0.4, 0.5) is 5.82 Å². The van der Waals surface area contributed by atoms with Gasteiger partial charge in [-0.3, -0.25) is 9.78 Å². The number of amides is 1. The number of anilines is 1. The Hall–Kier alpha value is -2.41. The summed E-state index contributed by atoms with van der Waals surface area (Å²) in [6.07, 6.45) is 7.29. The molecular formula is C14H13N5OS. The Labute approximate surface area is 125 Å². The number of nitrogens with zero attached hydrogens (tertiary/aromatic N) is 4. The van der Waals surface area contributed by atoms with Gasteiger partial charge in [0.05, 0.1) is 11.9 Å². The summed E-state index contributed by atoms with van der Waals surface area (Å²) >= 11 is 1.64. The largest absolute Gasteiger partial charge is 0.310 e. The fourth-order valence-electron chi connectivity index (χ4n) is 1.95. The second kappa shape index (κ2) is 5.53. The minimum Gasteiger partial charge on any atom is -0.310 e. The molecule has 3 rings (SSSR count). The molecule has 0 atom stereocenters. The molecule has 0 aliphatic carbocycles. The van der Waals surface area contributed by atoms with E-state index in [0.717, 1.165) is 16.2 Å². The van der Waals surface area contributed by atoms with E-state index >= 15 is 0 Å². The third-order valence-electron chi connectivity index (χ3n) is 2.87. The molecule has 0 spiro atoms. The summed E-state index contributed by atoms with van der Waals surface area (Å²) in [6, 6.07) is 5.79. The van der Waals surface area contributed by atoms with E-state index in [-0.39, 0.29) is 5.91 Å². The van der Waals surface area contributed by atoms with Gasteiger partial charge < -0.3 is 5.32 Å². The van der Waals surface area contributed by atoms with Crippen molar-refractivity contribution in [2.75, 3.05) is 11.6 Å². The van der Waals surface area contributed by atoms with Gasteiger partial charge in [-0.15, -0.1) is 11.8 Å². The van der Waals surface area contributed by atoms with Gasteiger partial charge in [0.1, 0.15) is 0 Å². The summed E-state index contributed by atoms with van der Waals surface area (Å²) in [5.41, 5.74) is 2.42. The van der Waals surface area contributed by atoms with Crippen molar-refractivity contribution in [3.63, 3.8) is 0 Å². The molecule has 0 aliphatic heterocycles. The Balaban J connectivity index is 2.01. The Morgan fingerprint density at radius 1 is 1.33 bits per heavy atom. The monoisotopic (exact) mass is 299 g/mol. The predicted octanol–water partition coefficient (Wildman–Crippen LogP) is 2.47. The third-order valence-corrected chi connectivity index (χ3v) is 3.56. The zero-order valence-electron chi connectivity index (χ0n) is 11.6. The van der Waals surface area contributed by atoms with Gasteiger partial charge in [-0.1, -0.05) is 0 Å². The first-order chi connectivity index (χ1) is 10.2. The van der Waals surface area contributed by atoms with Crippen LogP contribution in [0.1, 0.15) is 6.92 Å². The number of fused-ring (bicyclic) bond motifs is 1. The van der Waals surface area contributed by atoms with E-state index in [1.54, 1.807) is 28.7 Å². The van der Waals surface area contributed by atoms with Crippen molar-refractivity contribution in [1.82, 2.24) is 19.6 Å². The molecule has 0 unspecified atom stereocenters. The third kappa shape index (κ3) is 2.87. The summed E-state index contributed by atoms with van der Waals surface area (Å²) in [5, 5.41) is 7.15. The summed E-state index contributed by atoms with van der Waals surface area (Å²) in [5.74, 6) is 0.332. The maximum absolute atomic E-state index is 11.1. The molecule has 0 saturated carbocycles. The molecule has 1 N–H and O–H groups in total. The lowest BCUT2D eigenvalue weighted by atomic mass is 10.2. The number of hydrogen-bond donors (Lipinski definition) is 1. The Bertz CT molecular complexity index is 814. The number of hydrogen-bond acceptors (Lipinski definition) is 5. The molecular weight excluding hydrogens is 286 g/mol. The van der Waals surface area contributed by atoms with E-state index in [4.69, 9.17) is 0 Å². The van der Waals surface area contributed by atoms with Crippen LogP contribution in [-0.4, -0.2) is 31.7 Å². The van der Waals surface area contributed by atoms with Crippen molar-refractivity contribution in [2.24, 2.45) is 0 Å². The summed E-state index contributed by atoms with van der Waals surface area (Å²) in [6.45, 7) is 1.45. The molecule has 6 nitrogen and oxygen atoms in total. The van der Waals surface area contributed by atoms with E-state index in [1.165, 1.54) is 6.92 Å². The van der Waals surface area contributed by atoms with Gasteiger partial charge in [0.25, 0.3) is 0 Å². The standard InChI is InChI=1S/C14H13N5OS/c1-9(20)16-13-8-19-14(17-13)4-3-12(18-19)10-5-11(21-2)7-15-6-10/h3-8H,1-2H3,(H,16,20). The van der Waals surface area contributed by atoms with Crippen LogP contribution < -0.4 is 5.32 Å². The van der Waals surface area contributed by atoms with Crippen molar-refractivity contribution in [3.8, 4) is 11.3 Å². The fraction of sp³-hybridized carbons (Fsp3) is 0.143. The fourth-order valence-corrected chi connectivity index (χ4v) is 2.36. The highest BCUT2D eigenvalue weighted by Crippen LogP contribution is 2.22. The first kappa shape index (κ1) is 13.6. The summed E-state index contributed by atoms with van der Waals surface area (Å²) in [4.78, 5) is 20.6. The molecule has 0 radical (unpaired) electrons. The van der Waals surface area contributed by atoms with Crippen LogP contribution >= 0.6 is 11.8 Å². The van der Waals surface area contributed by atoms with E-state index in [0.29, 0.717) is 11.5 Å². The van der Waals surface area contributed by atoms with E-state index in [1.807, 2.05) is 30.7 Å². The minimum absolute atomic E-state index is 0.157. The number of rotatable bonds is 3. The van der Waals surface area contributed by atoms with Crippen LogP contribution in [0.2, 0.25) is 0 Å². The number of pyridine rings is 1. The van der Waals surface area contributed by atoms with Crippen molar-refractivity contribution < 1.29 is 4.79 Å². The number of imidazole rings is 1. The smallest absolute Gasteiger partial charge is 0.222 e. The summed E-state index contributed by atoms with van der Waals surface area (Å²) < 4.78 is 1.65. The van der Waals surface area contributed by atoms with Crippen molar-refractivity contribution in [1.29, 1.82) is 0 Å². The predicted molar refractivity (Wildman–Crippen MR) is 82.3 cm³/mol. The quantitative estimate of drug-likeness (QED) is 0.752. The Kier molecular flexibility index (Phi) is 3.57. The highest BCUT2D eigenvalue weighted by molar-refractivity contribution is 7.98. The molecule has 3 heterocycles. The molecule has 0 fully saturated rings. The molecule has 7 heteroatoms. The number of nitrogens with one attached hydrogen (secondary N) is 1. The second-order valence-electron chi connectivity index (χ2n) is 4.44. The first-order valence-electron chi connectivity index (χ1n) is 6.29. The zero-order chi connectivity index (χ0) is 14.8. The maximum atomic E-state index is 11.1. The second-order valence-corrected chi connectivity index (χ2v) is 5.32. The lowest BCUT2D eigenvalue weighted by Crippen LogP contribution is -2.05. The molecule has 0 aliphatic rings. The van der Waals surface area contributed by atoms with Gasteiger partial charge in [0.15, 0.2) is 11.5 Å². The molecule has 3 aromatic heterocycles. The molecule has 106 valence electrons. The van der Waals surface area contributed by atoms with E-state index in [2.05, 4.69) is 20.4 Å².